The van der Waals surface area contributed by atoms with Crippen molar-refractivity contribution in [2.45, 2.75) is 26.8 Å². The monoisotopic (exact) mass is 382 g/mol. The molecule has 0 radical (unpaired) electrons. The summed E-state index contributed by atoms with van der Waals surface area (Å²) < 4.78 is 0. The summed E-state index contributed by atoms with van der Waals surface area (Å²) in [4.78, 5) is 37.5. The van der Waals surface area contributed by atoms with Crippen LogP contribution in [0, 0.1) is 13.8 Å². The number of likely N-dealkylation sites (N-methyl/N-ethyl adjacent to an activating group) is 1. The van der Waals surface area contributed by atoms with Crippen LogP contribution in [0.25, 0.3) is 0 Å². The first-order chi connectivity index (χ1) is 13.2. The highest BCUT2D eigenvalue weighted by atomic mass is 16.2. The first-order valence-corrected chi connectivity index (χ1v) is 8.95. The maximum Gasteiger partial charge on any atom is 0.248 e. The molecule has 0 heterocycles. The van der Waals surface area contributed by atoms with Crippen molar-refractivity contribution in [2.75, 3.05) is 24.2 Å². The van der Waals surface area contributed by atoms with Gasteiger partial charge in [-0.15, -0.1) is 0 Å². The lowest BCUT2D eigenvalue weighted by Gasteiger charge is -2.23. The second-order valence-corrected chi connectivity index (χ2v) is 6.89. The van der Waals surface area contributed by atoms with Crippen molar-refractivity contribution < 1.29 is 14.4 Å². The summed E-state index contributed by atoms with van der Waals surface area (Å²) in [5.41, 5.74) is 8.93. The van der Waals surface area contributed by atoms with Gasteiger partial charge in [0.15, 0.2) is 0 Å². The van der Waals surface area contributed by atoms with Crippen molar-refractivity contribution in [3.05, 3.63) is 59.2 Å². The average molecular weight is 382 g/mol. The van der Waals surface area contributed by atoms with Crippen LogP contribution in [0.1, 0.15) is 28.4 Å². The van der Waals surface area contributed by atoms with Gasteiger partial charge in [-0.1, -0.05) is 12.1 Å². The minimum atomic E-state index is -0.528. The lowest BCUT2D eigenvalue weighted by molar-refractivity contribution is -0.122. The zero-order valence-electron chi connectivity index (χ0n) is 16.6. The number of aryl methyl sites for hydroxylation is 2. The molecule has 28 heavy (non-hydrogen) atoms. The molecule has 0 unspecified atom stereocenters. The van der Waals surface area contributed by atoms with E-state index >= 15 is 0 Å². The lowest BCUT2D eigenvalue weighted by Crippen LogP contribution is -2.43. The van der Waals surface area contributed by atoms with Crippen molar-refractivity contribution >= 4 is 29.1 Å². The number of carbonyl (C=O) groups is 3. The van der Waals surface area contributed by atoms with Crippen LogP contribution in [0.4, 0.5) is 11.4 Å². The van der Waals surface area contributed by atoms with Crippen LogP contribution in [0.5, 0.6) is 0 Å². The predicted octanol–water partition coefficient (Wildman–Crippen LogP) is 2.30. The Balaban J connectivity index is 1.92. The van der Waals surface area contributed by atoms with Gasteiger partial charge in [-0.05, 0) is 69.3 Å². The molecule has 1 atom stereocenters. The molecule has 0 saturated heterocycles. The SMILES string of the molecule is Cc1ccc(C)c(NC(=O)CN(C)[C@@H](C)C(=O)Nc2ccc(C(N)=O)cc2)c1. The smallest absolute Gasteiger partial charge is 0.248 e. The number of hydrogen-bond acceptors (Lipinski definition) is 4. The zero-order chi connectivity index (χ0) is 20.8. The van der Waals surface area contributed by atoms with Crippen molar-refractivity contribution in [2.24, 2.45) is 5.73 Å². The quantitative estimate of drug-likeness (QED) is 0.683. The minimum Gasteiger partial charge on any atom is -0.366 e. The number of nitrogens with zero attached hydrogens (tertiary/aromatic N) is 1. The van der Waals surface area contributed by atoms with Gasteiger partial charge in [0.05, 0.1) is 12.6 Å². The molecular formula is C21H26N4O3. The number of nitrogens with two attached hydrogens (primary N) is 1. The zero-order valence-corrected chi connectivity index (χ0v) is 16.6. The van der Waals surface area contributed by atoms with Crippen molar-refractivity contribution in [1.82, 2.24) is 4.90 Å². The van der Waals surface area contributed by atoms with Crippen LogP contribution >= 0.6 is 0 Å². The molecule has 3 amide bonds. The molecular weight excluding hydrogens is 356 g/mol. The van der Waals surface area contributed by atoms with Crippen LogP contribution < -0.4 is 16.4 Å². The maximum atomic E-state index is 12.4. The van der Waals surface area contributed by atoms with E-state index in [2.05, 4.69) is 10.6 Å². The van der Waals surface area contributed by atoms with Crippen molar-refractivity contribution in [1.29, 1.82) is 0 Å². The van der Waals surface area contributed by atoms with E-state index in [1.54, 1.807) is 43.1 Å². The number of hydrogen-bond donors (Lipinski definition) is 3. The summed E-state index contributed by atoms with van der Waals surface area (Å²) in [6.45, 7) is 5.68. The number of primary amides is 1. The highest BCUT2D eigenvalue weighted by Gasteiger charge is 2.20. The summed E-state index contributed by atoms with van der Waals surface area (Å²) in [5.74, 6) is -0.976. The Labute approximate surface area is 164 Å². The Bertz CT molecular complexity index is 878. The fourth-order valence-corrected chi connectivity index (χ4v) is 2.59. The fraction of sp³-hybridized carbons (Fsp3) is 0.286. The molecule has 0 spiro atoms. The van der Waals surface area contributed by atoms with E-state index in [9.17, 15) is 14.4 Å². The summed E-state index contributed by atoms with van der Waals surface area (Å²) >= 11 is 0. The van der Waals surface area contributed by atoms with Crippen molar-refractivity contribution in [3.8, 4) is 0 Å². The summed E-state index contributed by atoms with van der Waals surface area (Å²) in [7, 11) is 1.71. The van der Waals surface area contributed by atoms with Gasteiger partial charge >= 0.3 is 0 Å². The molecule has 4 N–H and O–H groups in total. The van der Waals surface area contributed by atoms with Crippen molar-refractivity contribution in [3.63, 3.8) is 0 Å². The van der Waals surface area contributed by atoms with Crippen LogP contribution in [0.2, 0.25) is 0 Å². The predicted molar refractivity (Wildman–Crippen MR) is 110 cm³/mol. The second-order valence-electron chi connectivity index (χ2n) is 6.89. The normalized spacial score (nSPS) is 11.8. The van der Waals surface area contributed by atoms with Crippen LogP contribution in [-0.4, -0.2) is 42.3 Å². The van der Waals surface area contributed by atoms with E-state index in [4.69, 9.17) is 5.73 Å². The molecule has 0 aromatic heterocycles. The summed E-state index contributed by atoms with van der Waals surface area (Å²) in [6.07, 6.45) is 0. The van der Waals surface area contributed by atoms with E-state index in [1.165, 1.54) is 0 Å². The van der Waals surface area contributed by atoms with Gasteiger partial charge in [0, 0.05) is 16.9 Å². The third-order valence-electron chi connectivity index (χ3n) is 4.54. The number of rotatable bonds is 7. The van der Waals surface area contributed by atoms with E-state index in [-0.39, 0.29) is 18.4 Å². The van der Waals surface area contributed by atoms with E-state index < -0.39 is 11.9 Å². The Morgan fingerprint density at radius 3 is 2.29 bits per heavy atom. The Hall–Kier alpha value is -3.19. The Kier molecular flexibility index (Phi) is 6.89. The van der Waals surface area contributed by atoms with Gasteiger partial charge in [-0.2, -0.15) is 0 Å². The minimum absolute atomic E-state index is 0.0720. The van der Waals surface area contributed by atoms with Gasteiger partial charge in [0.2, 0.25) is 17.7 Å². The first-order valence-electron chi connectivity index (χ1n) is 8.95. The molecule has 0 aliphatic carbocycles. The Morgan fingerprint density at radius 1 is 1.04 bits per heavy atom. The van der Waals surface area contributed by atoms with Gasteiger partial charge < -0.3 is 16.4 Å². The van der Waals surface area contributed by atoms with E-state index in [0.29, 0.717) is 11.3 Å². The summed E-state index contributed by atoms with van der Waals surface area (Å²) in [6, 6.07) is 11.6. The Morgan fingerprint density at radius 2 is 1.68 bits per heavy atom. The highest BCUT2D eigenvalue weighted by molar-refractivity contribution is 5.97. The molecule has 0 aliphatic rings. The molecule has 148 valence electrons. The molecule has 7 nitrogen and oxygen atoms in total. The largest absolute Gasteiger partial charge is 0.366 e. The van der Waals surface area contributed by atoms with Gasteiger partial charge in [-0.25, -0.2) is 0 Å². The standard InChI is InChI=1S/C21H26N4O3/c1-13-5-6-14(2)18(11-13)24-19(26)12-25(4)15(3)21(28)23-17-9-7-16(8-10-17)20(22)27/h5-11,15H,12H2,1-4H3,(H2,22,27)(H,23,28)(H,24,26)/t15-/m0/s1. The van der Waals surface area contributed by atoms with Gasteiger partial charge in [-0.3, -0.25) is 19.3 Å². The van der Waals surface area contributed by atoms with E-state index in [0.717, 1.165) is 16.8 Å². The fourth-order valence-electron chi connectivity index (χ4n) is 2.59. The van der Waals surface area contributed by atoms with Crippen LogP contribution in [-0.2, 0) is 9.59 Å². The summed E-state index contributed by atoms with van der Waals surface area (Å²) in [5, 5.41) is 5.65. The molecule has 7 heteroatoms. The molecule has 0 fully saturated rings. The van der Waals surface area contributed by atoms with Crippen LogP contribution in [0.15, 0.2) is 42.5 Å². The number of nitrogens with one attached hydrogen (secondary N) is 2. The molecule has 2 rings (SSSR count). The second kappa shape index (κ2) is 9.14. The third-order valence-corrected chi connectivity index (χ3v) is 4.54. The number of anilines is 2. The first kappa shape index (κ1) is 21.1. The maximum absolute atomic E-state index is 12.4. The topological polar surface area (TPSA) is 105 Å². The van der Waals surface area contributed by atoms with E-state index in [1.807, 2.05) is 32.0 Å². The molecule has 0 aliphatic heterocycles. The number of amides is 3. The average Bonchev–Trinajstić information content (AvgIpc) is 2.64. The number of carbonyl (C=O) groups excluding carboxylic acids is 3. The molecule has 2 aromatic carbocycles. The molecule has 2 aromatic rings. The molecule has 0 bridgehead atoms. The highest BCUT2D eigenvalue weighted by Crippen LogP contribution is 2.16. The number of benzene rings is 2. The third kappa shape index (κ3) is 5.65. The van der Waals surface area contributed by atoms with Gasteiger partial charge in [0.1, 0.15) is 0 Å². The van der Waals surface area contributed by atoms with Gasteiger partial charge in [0.25, 0.3) is 0 Å². The molecule has 0 saturated carbocycles. The lowest BCUT2D eigenvalue weighted by atomic mass is 10.1. The van der Waals surface area contributed by atoms with Crippen LogP contribution in [0.3, 0.4) is 0 Å².